The van der Waals surface area contributed by atoms with Crippen LogP contribution in [0, 0.1) is 0 Å². The van der Waals surface area contributed by atoms with Gasteiger partial charge in [-0.3, -0.25) is 24.1 Å². The van der Waals surface area contributed by atoms with E-state index in [0.29, 0.717) is 91.3 Å². The maximum atomic E-state index is 13.2. The first-order valence-corrected chi connectivity index (χ1v) is 18.9. The summed E-state index contributed by atoms with van der Waals surface area (Å²) in [7, 11) is 0. The number of aromatic nitrogens is 3. The molecule has 5 N–H and O–H groups in total. The van der Waals surface area contributed by atoms with Gasteiger partial charge in [-0.05, 0) is 66.6 Å². The Morgan fingerprint density at radius 3 is 2.41 bits per heavy atom. The van der Waals surface area contributed by atoms with Crippen LogP contribution in [0.1, 0.15) is 78.9 Å². The van der Waals surface area contributed by atoms with Crippen LogP contribution in [-0.2, 0) is 27.5 Å². The Morgan fingerprint density at radius 1 is 0.946 bits per heavy atom. The summed E-state index contributed by atoms with van der Waals surface area (Å²) < 4.78 is 1.44. The van der Waals surface area contributed by atoms with E-state index < -0.39 is 6.04 Å². The minimum atomic E-state index is -0.588. The Labute approximate surface area is 324 Å². The van der Waals surface area contributed by atoms with Gasteiger partial charge < -0.3 is 35.8 Å². The number of anilines is 1. The SMILES string of the molecule is C=C1CCC(N2Cc3c(NC(=O)CCCC(=O)N4CCN(Cc5ccc(-n6c(O)nnc6-c6cc(C(C)C)c(O)cc6O)cc5)CC4)cccc3C2=O)C(=O)N1. The standard InChI is InChI=1S/C41H46N8O7/c1-24(2)29-20-30(35(51)21-34(29)50)38-44-45-41(56)49(38)27-13-11-26(12-14-27)22-46-16-18-47(19-17-46)37(53)9-5-8-36(52)43-32-7-4-6-28-31(32)23-48(40(28)55)33-15-10-25(3)42-39(33)54/h4,6-7,11-14,20-21,24,33,50-51H,3,5,8-10,15-19,22-23H2,1-2H3,(H,42,54)(H,43,52)(H,45,56). The lowest BCUT2D eigenvalue weighted by Crippen LogP contribution is -2.49. The number of piperidine rings is 1. The highest BCUT2D eigenvalue weighted by molar-refractivity contribution is 6.04. The number of amides is 4. The van der Waals surface area contributed by atoms with Crippen LogP contribution < -0.4 is 10.6 Å². The highest BCUT2D eigenvalue weighted by Crippen LogP contribution is 2.39. The fourth-order valence-corrected chi connectivity index (χ4v) is 7.64. The van der Waals surface area contributed by atoms with Crippen LogP contribution in [-0.4, -0.2) is 101 Å². The minimum absolute atomic E-state index is 0.00168. The molecule has 0 bridgehead atoms. The molecule has 3 aromatic carbocycles. The second-order valence-electron chi connectivity index (χ2n) is 14.9. The number of hydrogen-bond acceptors (Lipinski definition) is 10. The fraction of sp³-hybridized carbons (Fsp3) is 0.366. The van der Waals surface area contributed by atoms with Crippen LogP contribution in [0.25, 0.3) is 17.1 Å². The smallest absolute Gasteiger partial charge is 0.319 e. The molecule has 2 fully saturated rings. The van der Waals surface area contributed by atoms with Crippen molar-refractivity contribution in [3.8, 4) is 34.6 Å². The number of carbonyl (C=O) groups excluding carboxylic acids is 4. The van der Waals surface area contributed by atoms with Gasteiger partial charge in [0.25, 0.3) is 5.91 Å². The van der Waals surface area contributed by atoms with Crippen molar-refractivity contribution in [2.45, 2.75) is 71.0 Å². The lowest BCUT2D eigenvalue weighted by atomic mass is 9.98. The lowest BCUT2D eigenvalue weighted by molar-refractivity contribution is -0.133. The summed E-state index contributed by atoms with van der Waals surface area (Å²) in [5.41, 5.74) is 4.94. The van der Waals surface area contributed by atoms with Gasteiger partial charge >= 0.3 is 6.01 Å². The molecule has 4 amide bonds. The van der Waals surface area contributed by atoms with Gasteiger partial charge in [-0.15, -0.1) is 5.10 Å². The molecule has 292 valence electrons. The molecule has 15 heteroatoms. The van der Waals surface area contributed by atoms with Crippen molar-refractivity contribution in [2.75, 3.05) is 31.5 Å². The zero-order valence-electron chi connectivity index (χ0n) is 31.5. The van der Waals surface area contributed by atoms with Crippen molar-refractivity contribution in [3.05, 3.63) is 89.1 Å². The Balaban J connectivity index is 0.873. The van der Waals surface area contributed by atoms with E-state index in [9.17, 15) is 34.5 Å². The topological polar surface area (TPSA) is 193 Å². The number of allylic oxidation sites excluding steroid dienone is 1. The lowest BCUT2D eigenvalue weighted by Gasteiger charge is -2.35. The quantitative estimate of drug-likeness (QED) is 0.147. The zero-order valence-corrected chi connectivity index (χ0v) is 31.5. The third-order valence-electron chi connectivity index (χ3n) is 10.7. The number of phenolic OH excluding ortho intramolecular Hbond substituents is 2. The molecule has 56 heavy (non-hydrogen) atoms. The molecule has 1 atom stereocenters. The molecular formula is C41H46N8O7. The Hall–Kier alpha value is -6.22. The third kappa shape index (κ3) is 7.80. The highest BCUT2D eigenvalue weighted by atomic mass is 16.3. The number of aromatic hydroxyl groups is 3. The van der Waals surface area contributed by atoms with Crippen molar-refractivity contribution in [3.63, 3.8) is 0 Å². The number of rotatable bonds is 11. The molecule has 0 spiro atoms. The molecule has 15 nitrogen and oxygen atoms in total. The second-order valence-corrected chi connectivity index (χ2v) is 14.9. The van der Waals surface area contributed by atoms with Crippen molar-refractivity contribution in [2.24, 2.45) is 0 Å². The van der Waals surface area contributed by atoms with Gasteiger partial charge in [0.05, 0.1) is 11.3 Å². The number of carbonyl (C=O) groups is 4. The summed E-state index contributed by atoms with van der Waals surface area (Å²) in [5.74, 6) is -0.698. The molecule has 0 aliphatic carbocycles. The largest absolute Gasteiger partial charge is 0.508 e. The summed E-state index contributed by atoms with van der Waals surface area (Å²) in [4.78, 5) is 57.4. The summed E-state index contributed by atoms with van der Waals surface area (Å²) in [6.07, 6.45) is 1.88. The fourth-order valence-electron chi connectivity index (χ4n) is 7.64. The van der Waals surface area contributed by atoms with E-state index in [0.717, 1.165) is 5.56 Å². The molecular weight excluding hydrogens is 716 g/mol. The summed E-state index contributed by atoms with van der Waals surface area (Å²) in [6, 6.07) is 14.7. The second kappa shape index (κ2) is 15.9. The Kier molecular flexibility index (Phi) is 10.8. The number of benzene rings is 3. The average Bonchev–Trinajstić information content (AvgIpc) is 3.71. The molecule has 1 aromatic heterocycles. The molecule has 3 aliphatic heterocycles. The normalized spacial score (nSPS) is 17.3. The first kappa shape index (κ1) is 38.1. The van der Waals surface area contributed by atoms with E-state index in [-0.39, 0.29) is 72.3 Å². The number of nitrogens with zero attached hydrogens (tertiary/aromatic N) is 6. The van der Waals surface area contributed by atoms with E-state index in [1.54, 1.807) is 29.2 Å². The van der Waals surface area contributed by atoms with Crippen molar-refractivity contribution in [1.82, 2.24) is 34.8 Å². The number of piperazine rings is 1. The predicted molar refractivity (Wildman–Crippen MR) is 207 cm³/mol. The van der Waals surface area contributed by atoms with Gasteiger partial charge in [0.2, 0.25) is 17.7 Å². The number of fused-ring (bicyclic) bond motifs is 1. The highest BCUT2D eigenvalue weighted by Gasteiger charge is 2.39. The van der Waals surface area contributed by atoms with Crippen LogP contribution in [0.3, 0.4) is 0 Å². The minimum Gasteiger partial charge on any atom is -0.508 e. The molecule has 2 saturated heterocycles. The monoisotopic (exact) mass is 762 g/mol. The molecule has 3 aliphatic rings. The summed E-state index contributed by atoms with van der Waals surface area (Å²) >= 11 is 0. The molecule has 7 rings (SSSR count). The van der Waals surface area contributed by atoms with E-state index in [1.807, 2.05) is 43.0 Å². The Bertz CT molecular complexity index is 2190. The molecule has 1 unspecified atom stereocenters. The number of hydrogen-bond donors (Lipinski definition) is 5. The van der Waals surface area contributed by atoms with E-state index in [2.05, 4.69) is 32.3 Å². The van der Waals surface area contributed by atoms with Crippen molar-refractivity contribution < 1.29 is 34.5 Å². The van der Waals surface area contributed by atoms with Gasteiger partial charge in [0, 0.05) is 80.7 Å². The Morgan fingerprint density at radius 2 is 1.70 bits per heavy atom. The molecule has 0 radical (unpaired) electrons. The van der Waals surface area contributed by atoms with Gasteiger partial charge in [-0.2, -0.15) is 0 Å². The van der Waals surface area contributed by atoms with Crippen molar-refractivity contribution >= 4 is 29.3 Å². The molecule has 4 heterocycles. The summed E-state index contributed by atoms with van der Waals surface area (Å²) in [6.45, 7) is 11.1. The predicted octanol–water partition coefficient (Wildman–Crippen LogP) is 4.38. The maximum Gasteiger partial charge on any atom is 0.319 e. The van der Waals surface area contributed by atoms with Crippen LogP contribution in [0.2, 0.25) is 0 Å². The van der Waals surface area contributed by atoms with Crippen LogP contribution in [0.4, 0.5) is 5.69 Å². The molecule has 4 aromatic rings. The van der Waals surface area contributed by atoms with E-state index in [1.165, 1.54) is 10.6 Å². The van der Waals surface area contributed by atoms with Gasteiger partial charge in [-0.25, -0.2) is 4.57 Å². The first-order valence-electron chi connectivity index (χ1n) is 18.9. The van der Waals surface area contributed by atoms with Gasteiger partial charge in [-0.1, -0.05) is 43.7 Å². The van der Waals surface area contributed by atoms with Crippen molar-refractivity contribution in [1.29, 1.82) is 0 Å². The first-order chi connectivity index (χ1) is 26.9. The van der Waals surface area contributed by atoms with E-state index in [4.69, 9.17) is 0 Å². The van der Waals surface area contributed by atoms with E-state index >= 15 is 0 Å². The number of nitrogens with one attached hydrogen (secondary N) is 2. The zero-order chi connectivity index (χ0) is 39.7. The third-order valence-corrected chi connectivity index (χ3v) is 10.7. The van der Waals surface area contributed by atoms with Gasteiger partial charge in [0.1, 0.15) is 17.5 Å². The molecule has 0 saturated carbocycles. The maximum absolute atomic E-state index is 13.2. The van der Waals surface area contributed by atoms with Crippen LogP contribution in [0.15, 0.2) is 66.9 Å². The van der Waals surface area contributed by atoms with Gasteiger partial charge in [0.15, 0.2) is 5.82 Å². The van der Waals surface area contributed by atoms with Crippen LogP contribution >= 0.6 is 0 Å². The number of phenols is 2. The summed E-state index contributed by atoms with van der Waals surface area (Å²) in [5, 5.41) is 45.1. The van der Waals surface area contributed by atoms with Crippen LogP contribution in [0.5, 0.6) is 17.5 Å². The average molecular weight is 763 g/mol.